The van der Waals surface area contributed by atoms with Gasteiger partial charge in [0.1, 0.15) is 0 Å². The van der Waals surface area contributed by atoms with Crippen molar-refractivity contribution in [2.24, 2.45) is 5.92 Å². The van der Waals surface area contributed by atoms with Crippen molar-refractivity contribution < 1.29 is 0 Å². The number of piperidine rings is 1. The van der Waals surface area contributed by atoms with Crippen molar-refractivity contribution in [3.8, 4) is 0 Å². The lowest BCUT2D eigenvalue weighted by Gasteiger charge is -2.33. The van der Waals surface area contributed by atoms with Gasteiger partial charge in [-0.2, -0.15) is 0 Å². The molecule has 0 bridgehead atoms. The molecule has 2 nitrogen and oxygen atoms in total. The van der Waals surface area contributed by atoms with E-state index in [0.29, 0.717) is 0 Å². The van der Waals surface area contributed by atoms with E-state index in [1.54, 1.807) is 0 Å². The maximum Gasteiger partial charge on any atom is 0.0195 e. The first-order chi connectivity index (χ1) is 7.79. The molecule has 2 fully saturated rings. The quantitative estimate of drug-likeness (QED) is 0.790. The molecular weight excluding hydrogens is 196 g/mol. The van der Waals surface area contributed by atoms with Gasteiger partial charge >= 0.3 is 0 Å². The molecule has 16 heavy (non-hydrogen) atoms. The Morgan fingerprint density at radius 1 is 1.19 bits per heavy atom. The molecule has 0 aromatic heterocycles. The van der Waals surface area contributed by atoms with Crippen LogP contribution in [0.5, 0.6) is 0 Å². The molecule has 1 aliphatic heterocycles. The number of hydrogen-bond acceptors (Lipinski definition) is 2. The smallest absolute Gasteiger partial charge is 0.0195 e. The van der Waals surface area contributed by atoms with Crippen molar-refractivity contribution in [3.63, 3.8) is 0 Å². The highest BCUT2D eigenvalue weighted by atomic mass is 15.2. The molecular formula is C14H28N2. The van der Waals surface area contributed by atoms with Crippen molar-refractivity contribution in [2.75, 3.05) is 19.6 Å². The van der Waals surface area contributed by atoms with Crippen LogP contribution in [0.25, 0.3) is 0 Å². The van der Waals surface area contributed by atoms with E-state index in [1.807, 2.05) is 0 Å². The van der Waals surface area contributed by atoms with Gasteiger partial charge in [0.05, 0.1) is 0 Å². The first kappa shape index (κ1) is 12.4. The van der Waals surface area contributed by atoms with Crippen molar-refractivity contribution in [1.29, 1.82) is 0 Å². The van der Waals surface area contributed by atoms with Crippen LogP contribution in [0, 0.1) is 5.92 Å². The maximum absolute atomic E-state index is 3.68. The highest BCUT2D eigenvalue weighted by Crippen LogP contribution is 2.29. The monoisotopic (exact) mass is 224 g/mol. The Morgan fingerprint density at radius 2 is 2.06 bits per heavy atom. The lowest BCUT2D eigenvalue weighted by molar-refractivity contribution is 0.173. The second kappa shape index (κ2) is 6.02. The topological polar surface area (TPSA) is 15.3 Å². The van der Waals surface area contributed by atoms with Crippen molar-refractivity contribution in [2.45, 2.75) is 64.5 Å². The van der Waals surface area contributed by atoms with Crippen LogP contribution in [-0.4, -0.2) is 36.6 Å². The van der Waals surface area contributed by atoms with Gasteiger partial charge in [-0.3, -0.25) is 4.90 Å². The summed E-state index contributed by atoms with van der Waals surface area (Å²) < 4.78 is 0. The fraction of sp³-hybridized carbons (Fsp3) is 1.00. The summed E-state index contributed by atoms with van der Waals surface area (Å²) in [6.07, 6.45) is 8.50. The molecule has 2 rings (SSSR count). The molecule has 0 aromatic carbocycles. The van der Waals surface area contributed by atoms with Gasteiger partial charge in [0.25, 0.3) is 0 Å². The molecule has 1 saturated carbocycles. The normalized spacial score (nSPS) is 35.8. The molecule has 0 amide bonds. The number of rotatable bonds is 4. The van der Waals surface area contributed by atoms with Gasteiger partial charge in [-0.05, 0) is 51.1 Å². The third-order valence-corrected chi connectivity index (χ3v) is 4.46. The lowest BCUT2D eigenvalue weighted by atomic mass is 10.0. The van der Waals surface area contributed by atoms with Gasteiger partial charge in [-0.1, -0.05) is 20.3 Å². The van der Waals surface area contributed by atoms with Crippen LogP contribution >= 0.6 is 0 Å². The molecule has 2 aliphatic rings. The van der Waals surface area contributed by atoms with E-state index in [-0.39, 0.29) is 0 Å². The Hall–Kier alpha value is -0.0800. The van der Waals surface area contributed by atoms with Crippen LogP contribution in [-0.2, 0) is 0 Å². The summed E-state index contributed by atoms with van der Waals surface area (Å²) in [4.78, 5) is 2.73. The molecule has 1 heterocycles. The molecule has 0 spiro atoms. The summed E-state index contributed by atoms with van der Waals surface area (Å²) in [6, 6.07) is 1.65. The average Bonchev–Trinajstić information content (AvgIpc) is 2.74. The third-order valence-electron chi connectivity index (χ3n) is 4.46. The van der Waals surface area contributed by atoms with Crippen LogP contribution in [0.4, 0.5) is 0 Å². The van der Waals surface area contributed by atoms with E-state index < -0.39 is 0 Å². The van der Waals surface area contributed by atoms with E-state index >= 15 is 0 Å². The summed E-state index contributed by atoms with van der Waals surface area (Å²) in [5.41, 5.74) is 0. The summed E-state index contributed by atoms with van der Waals surface area (Å²) >= 11 is 0. The van der Waals surface area contributed by atoms with Gasteiger partial charge in [0.15, 0.2) is 0 Å². The first-order valence-corrected chi connectivity index (χ1v) is 7.27. The van der Waals surface area contributed by atoms with E-state index in [2.05, 4.69) is 24.1 Å². The standard InChI is InChI=1S/C14H28N2/c1-3-16(14-8-7-12(2)10-14)11-13-6-4-5-9-15-13/h12-15H,3-11H2,1-2H3. The molecule has 3 unspecified atom stereocenters. The van der Waals surface area contributed by atoms with Gasteiger partial charge in [-0.25, -0.2) is 0 Å². The Balaban J connectivity index is 1.80. The van der Waals surface area contributed by atoms with Crippen LogP contribution in [0.2, 0.25) is 0 Å². The predicted octanol–water partition coefficient (Wildman–Crippen LogP) is 2.64. The molecule has 3 atom stereocenters. The maximum atomic E-state index is 3.68. The Bertz CT molecular complexity index is 199. The van der Waals surface area contributed by atoms with E-state index in [0.717, 1.165) is 18.0 Å². The Kier molecular flexibility index (Phi) is 4.66. The van der Waals surface area contributed by atoms with Crippen LogP contribution in [0.1, 0.15) is 52.4 Å². The minimum atomic E-state index is 0.768. The van der Waals surface area contributed by atoms with Gasteiger partial charge in [0.2, 0.25) is 0 Å². The number of nitrogens with zero attached hydrogens (tertiary/aromatic N) is 1. The molecule has 1 saturated heterocycles. The largest absolute Gasteiger partial charge is 0.313 e. The van der Waals surface area contributed by atoms with Gasteiger partial charge < -0.3 is 5.32 Å². The summed E-state index contributed by atoms with van der Waals surface area (Å²) in [5.74, 6) is 0.957. The summed E-state index contributed by atoms with van der Waals surface area (Å²) in [7, 11) is 0. The second-order valence-electron chi connectivity index (χ2n) is 5.81. The number of likely N-dealkylation sites (N-methyl/N-ethyl adjacent to an activating group) is 1. The highest BCUT2D eigenvalue weighted by molar-refractivity contribution is 4.84. The number of hydrogen-bond donors (Lipinski definition) is 1. The Morgan fingerprint density at radius 3 is 2.62 bits per heavy atom. The minimum absolute atomic E-state index is 0.768. The molecule has 1 aliphatic carbocycles. The highest BCUT2D eigenvalue weighted by Gasteiger charge is 2.27. The Labute approximate surface area is 101 Å². The van der Waals surface area contributed by atoms with Crippen molar-refractivity contribution in [3.05, 3.63) is 0 Å². The minimum Gasteiger partial charge on any atom is -0.313 e. The van der Waals surface area contributed by atoms with E-state index in [4.69, 9.17) is 0 Å². The van der Waals surface area contributed by atoms with Crippen molar-refractivity contribution >= 4 is 0 Å². The van der Waals surface area contributed by atoms with Crippen LogP contribution in [0.15, 0.2) is 0 Å². The van der Waals surface area contributed by atoms with E-state index in [9.17, 15) is 0 Å². The summed E-state index contributed by atoms with van der Waals surface area (Å²) in [6.45, 7) is 8.49. The fourth-order valence-corrected chi connectivity index (χ4v) is 3.41. The molecule has 94 valence electrons. The molecule has 1 N–H and O–H groups in total. The average molecular weight is 224 g/mol. The number of nitrogens with one attached hydrogen (secondary N) is 1. The lowest BCUT2D eigenvalue weighted by Crippen LogP contribution is -2.46. The molecule has 2 heteroatoms. The second-order valence-corrected chi connectivity index (χ2v) is 5.81. The third kappa shape index (κ3) is 3.21. The van der Waals surface area contributed by atoms with Crippen LogP contribution in [0.3, 0.4) is 0 Å². The van der Waals surface area contributed by atoms with Crippen LogP contribution < -0.4 is 5.32 Å². The fourth-order valence-electron chi connectivity index (χ4n) is 3.41. The van der Waals surface area contributed by atoms with Crippen molar-refractivity contribution in [1.82, 2.24) is 10.2 Å². The zero-order valence-electron chi connectivity index (χ0n) is 11.0. The zero-order chi connectivity index (χ0) is 11.4. The SMILES string of the molecule is CCN(CC1CCCCN1)C1CCC(C)C1. The van der Waals surface area contributed by atoms with Gasteiger partial charge in [-0.15, -0.1) is 0 Å². The molecule has 0 radical (unpaired) electrons. The van der Waals surface area contributed by atoms with Gasteiger partial charge in [0, 0.05) is 18.6 Å². The summed E-state index contributed by atoms with van der Waals surface area (Å²) in [5, 5.41) is 3.68. The first-order valence-electron chi connectivity index (χ1n) is 7.27. The van der Waals surface area contributed by atoms with E-state index in [1.165, 1.54) is 58.2 Å². The predicted molar refractivity (Wildman–Crippen MR) is 69.7 cm³/mol. The molecule has 0 aromatic rings. The zero-order valence-corrected chi connectivity index (χ0v) is 11.0.